The Hall–Kier alpha value is -3.77. The fraction of sp³-hybridized carbons (Fsp3) is 0.400. The summed E-state index contributed by atoms with van der Waals surface area (Å²) in [4.78, 5) is 57.5. The molecular formula is C30H28N2O8S2. The van der Waals surface area contributed by atoms with Gasteiger partial charge >= 0.3 is 10.8 Å². The van der Waals surface area contributed by atoms with Crippen molar-refractivity contribution >= 4 is 46.6 Å². The van der Waals surface area contributed by atoms with Crippen LogP contribution in [0.1, 0.15) is 40.1 Å². The number of rotatable bonds is 6. The Kier molecular flexibility index (Phi) is 6.39. The van der Waals surface area contributed by atoms with Gasteiger partial charge in [0.2, 0.25) is 17.6 Å². The van der Waals surface area contributed by atoms with Crippen molar-refractivity contribution in [2.24, 2.45) is 29.6 Å². The Balaban J connectivity index is 1.28. The molecule has 2 saturated carbocycles. The number of hydrogen-bond acceptors (Lipinski definition) is 10. The van der Waals surface area contributed by atoms with E-state index in [0.29, 0.717) is 11.3 Å². The van der Waals surface area contributed by atoms with E-state index in [4.69, 9.17) is 14.2 Å². The molecule has 3 fully saturated rings. The Labute approximate surface area is 249 Å². The number of phenols is 1. The largest absolute Gasteiger partial charge is 0.502 e. The van der Waals surface area contributed by atoms with Gasteiger partial charge in [-0.05, 0) is 73.1 Å². The van der Waals surface area contributed by atoms with Crippen molar-refractivity contribution in [3.8, 4) is 17.2 Å². The van der Waals surface area contributed by atoms with Gasteiger partial charge in [-0.2, -0.15) is 0 Å². The maximum Gasteiger partial charge on any atom is 0.338 e. The first-order valence-electron chi connectivity index (χ1n) is 13.8. The van der Waals surface area contributed by atoms with Crippen LogP contribution >= 0.6 is 23.1 Å². The number of fused-ring (bicyclic) bond motifs is 9. The van der Waals surface area contributed by atoms with Crippen LogP contribution in [0.25, 0.3) is 0 Å². The lowest BCUT2D eigenvalue weighted by atomic mass is 9.68. The number of nitrogens with one attached hydrogen (secondary N) is 1. The molecule has 1 saturated heterocycles. The number of carbonyl (C=O) groups is 3. The van der Waals surface area contributed by atoms with Crippen molar-refractivity contribution in [2.45, 2.75) is 29.5 Å². The second-order valence-electron chi connectivity index (χ2n) is 11.0. The molecule has 2 aliphatic heterocycles. The fourth-order valence-electron chi connectivity index (χ4n) is 7.70. The molecule has 3 heterocycles. The lowest BCUT2D eigenvalue weighted by molar-refractivity contribution is -0.123. The number of thioether (sulfide) groups is 1. The number of imide groups is 1. The highest BCUT2D eigenvalue weighted by Crippen LogP contribution is 2.69. The molecule has 4 aliphatic rings. The van der Waals surface area contributed by atoms with Crippen LogP contribution < -0.4 is 19.2 Å². The summed E-state index contributed by atoms with van der Waals surface area (Å²) < 4.78 is 16.0. The van der Waals surface area contributed by atoms with Crippen molar-refractivity contribution < 1.29 is 33.7 Å². The molecule has 2 aliphatic carbocycles. The predicted octanol–water partition coefficient (Wildman–Crippen LogP) is 4.01. The second kappa shape index (κ2) is 9.91. The van der Waals surface area contributed by atoms with Gasteiger partial charge in [-0.25, -0.2) is 4.79 Å². The number of phenolic OH excluding ortho intramolecular Hbond substituents is 1. The number of benzene rings is 2. The predicted molar refractivity (Wildman–Crippen MR) is 155 cm³/mol. The Morgan fingerprint density at radius 1 is 1.02 bits per heavy atom. The molecule has 42 heavy (non-hydrogen) atoms. The molecule has 10 nitrogen and oxygen atoms in total. The van der Waals surface area contributed by atoms with Gasteiger partial charge in [-0.15, -0.1) is 11.8 Å². The molecule has 218 valence electrons. The third-order valence-electron chi connectivity index (χ3n) is 9.22. The quantitative estimate of drug-likeness (QED) is 0.314. The minimum atomic E-state index is -0.477. The smallest absolute Gasteiger partial charge is 0.338 e. The minimum Gasteiger partial charge on any atom is -0.502 e. The molecule has 1 aromatic heterocycles. The van der Waals surface area contributed by atoms with Gasteiger partial charge in [0.05, 0.1) is 48.9 Å². The molecule has 12 heteroatoms. The zero-order valence-electron chi connectivity index (χ0n) is 23.0. The summed E-state index contributed by atoms with van der Waals surface area (Å²) in [7, 11) is 2.94. The number of aromatic amines is 1. The number of hydrogen-bond donors (Lipinski definition) is 2. The van der Waals surface area contributed by atoms with Crippen molar-refractivity contribution in [3.05, 3.63) is 62.1 Å². The number of esters is 1. The number of ether oxygens (including phenoxy) is 3. The van der Waals surface area contributed by atoms with E-state index in [1.165, 1.54) is 19.1 Å². The van der Waals surface area contributed by atoms with Crippen LogP contribution in [0, 0.1) is 29.6 Å². The zero-order chi connectivity index (χ0) is 29.4. The van der Waals surface area contributed by atoms with E-state index in [1.807, 2.05) is 0 Å². The number of aromatic hydroxyl groups is 1. The average Bonchev–Trinajstić information content (AvgIpc) is 3.72. The SMILES string of the molecule is CCOC(=O)c1ccc(N2C(=O)C3C4CC(C3C2=O)C2C4Sc3[nH]c(=O)sc3[C@@H]2c2cc(OC)c(O)c(OC)c2)cc1. The van der Waals surface area contributed by atoms with Gasteiger partial charge in [0.25, 0.3) is 0 Å². The standard InChI is InChI=1S/C30H28N2O8S2/c1-4-40-29(36)12-5-7-14(8-6-12)32-27(34)21-15-11-16(22(21)28(32)35)24-20(15)19(25-26(41-24)31-30(37)42-25)13-9-17(38-2)23(33)18(10-13)39-3/h5-10,15-16,19-22,24,33H,4,11H2,1-3H3,(H,31,37)/t15?,16?,19-,20?,21?,22?,24?/m1/s1. The van der Waals surface area contributed by atoms with Gasteiger partial charge in [0.15, 0.2) is 11.5 Å². The molecule has 2 aromatic carbocycles. The molecule has 3 aromatic rings. The van der Waals surface area contributed by atoms with Crippen LogP contribution in [-0.4, -0.2) is 54.0 Å². The highest BCUT2D eigenvalue weighted by molar-refractivity contribution is 8.00. The maximum atomic E-state index is 14.0. The van der Waals surface area contributed by atoms with Crippen LogP contribution in [0.4, 0.5) is 5.69 Å². The number of carbonyl (C=O) groups excluding carboxylic acids is 3. The van der Waals surface area contributed by atoms with E-state index < -0.39 is 17.8 Å². The van der Waals surface area contributed by atoms with E-state index in [9.17, 15) is 24.3 Å². The summed E-state index contributed by atoms with van der Waals surface area (Å²) in [6.45, 7) is 1.98. The number of H-pyrrole nitrogens is 1. The summed E-state index contributed by atoms with van der Waals surface area (Å²) in [6, 6.07) is 9.92. The number of aromatic nitrogens is 1. The lowest BCUT2D eigenvalue weighted by Gasteiger charge is -2.43. The topological polar surface area (TPSA) is 135 Å². The monoisotopic (exact) mass is 608 g/mol. The van der Waals surface area contributed by atoms with Gasteiger partial charge in [-0.3, -0.25) is 19.3 Å². The first-order chi connectivity index (χ1) is 20.3. The molecule has 0 spiro atoms. The highest BCUT2D eigenvalue weighted by Gasteiger charge is 2.69. The summed E-state index contributed by atoms with van der Waals surface area (Å²) in [5.41, 5.74) is 1.61. The van der Waals surface area contributed by atoms with Crippen LogP contribution in [0.2, 0.25) is 0 Å². The molecule has 0 radical (unpaired) electrons. The van der Waals surface area contributed by atoms with E-state index in [0.717, 1.165) is 33.2 Å². The van der Waals surface area contributed by atoms with Crippen LogP contribution in [0.3, 0.4) is 0 Å². The van der Waals surface area contributed by atoms with Crippen LogP contribution in [0.15, 0.2) is 46.2 Å². The third kappa shape index (κ3) is 3.77. The normalized spacial score (nSPS) is 28.8. The van der Waals surface area contributed by atoms with E-state index in [-0.39, 0.29) is 69.5 Å². The van der Waals surface area contributed by atoms with E-state index >= 15 is 0 Å². The van der Waals surface area contributed by atoms with Gasteiger partial charge < -0.3 is 24.3 Å². The van der Waals surface area contributed by atoms with Gasteiger partial charge in [0.1, 0.15) is 0 Å². The molecule has 7 rings (SSSR count). The third-order valence-corrected chi connectivity index (χ3v) is 11.8. The second-order valence-corrected chi connectivity index (χ2v) is 13.2. The summed E-state index contributed by atoms with van der Waals surface area (Å²) in [5, 5.41) is 11.4. The summed E-state index contributed by atoms with van der Waals surface area (Å²) in [5.74, 6) is -1.82. The number of anilines is 1. The Morgan fingerprint density at radius 2 is 1.67 bits per heavy atom. The molecule has 2 amide bonds. The minimum absolute atomic E-state index is 0.00711. The molecular weight excluding hydrogens is 580 g/mol. The molecule has 6 unspecified atom stereocenters. The number of nitrogens with zero attached hydrogens (tertiary/aromatic N) is 1. The number of thiazole rings is 1. The number of amides is 2. The Morgan fingerprint density at radius 3 is 2.29 bits per heavy atom. The van der Waals surface area contributed by atoms with Gasteiger partial charge in [0, 0.05) is 16.0 Å². The Bertz CT molecular complexity index is 1660. The van der Waals surface area contributed by atoms with Crippen molar-refractivity contribution in [2.75, 3.05) is 25.7 Å². The van der Waals surface area contributed by atoms with Crippen LogP contribution in [-0.2, 0) is 14.3 Å². The zero-order valence-corrected chi connectivity index (χ0v) is 24.6. The first kappa shape index (κ1) is 27.1. The maximum absolute atomic E-state index is 14.0. The molecule has 2 N–H and O–H groups in total. The first-order valence-corrected chi connectivity index (χ1v) is 15.5. The van der Waals surface area contributed by atoms with Crippen molar-refractivity contribution in [1.82, 2.24) is 4.98 Å². The van der Waals surface area contributed by atoms with Crippen molar-refractivity contribution in [1.29, 1.82) is 0 Å². The fourth-order valence-corrected chi connectivity index (χ4v) is 10.6. The van der Waals surface area contributed by atoms with Crippen molar-refractivity contribution in [3.63, 3.8) is 0 Å². The van der Waals surface area contributed by atoms with E-state index in [1.54, 1.807) is 55.1 Å². The number of methoxy groups -OCH3 is 2. The average molecular weight is 609 g/mol. The van der Waals surface area contributed by atoms with E-state index in [2.05, 4.69) is 4.98 Å². The summed E-state index contributed by atoms with van der Waals surface area (Å²) >= 11 is 2.76. The highest BCUT2D eigenvalue weighted by atomic mass is 32.2. The molecule has 2 bridgehead atoms. The van der Waals surface area contributed by atoms with Gasteiger partial charge in [-0.1, -0.05) is 11.3 Å². The summed E-state index contributed by atoms with van der Waals surface area (Å²) in [6.07, 6.45) is 0.743. The lowest BCUT2D eigenvalue weighted by Crippen LogP contribution is -2.42. The van der Waals surface area contributed by atoms with Crippen LogP contribution in [0.5, 0.6) is 17.2 Å². The molecule has 7 atom stereocenters.